The van der Waals surface area contributed by atoms with Crippen LogP contribution in [0.5, 0.6) is 5.75 Å². The third-order valence-corrected chi connectivity index (χ3v) is 6.53. The van der Waals surface area contributed by atoms with Crippen molar-refractivity contribution in [1.29, 1.82) is 0 Å². The van der Waals surface area contributed by atoms with Gasteiger partial charge in [0.2, 0.25) is 5.91 Å². The molecule has 202 valence electrons. The van der Waals surface area contributed by atoms with E-state index in [2.05, 4.69) is 17.3 Å². The van der Waals surface area contributed by atoms with Crippen LogP contribution in [0.2, 0.25) is 0 Å². The molecule has 0 spiro atoms. The number of nitrogens with zero attached hydrogens (tertiary/aromatic N) is 3. The predicted molar refractivity (Wildman–Crippen MR) is 140 cm³/mol. The van der Waals surface area contributed by atoms with Gasteiger partial charge in [-0.25, -0.2) is 4.79 Å². The van der Waals surface area contributed by atoms with Crippen LogP contribution in [0.1, 0.15) is 93.8 Å². The summed E-state index contributed by atoms with van der Waals surface area (Å²) in [6, 6.07) is 8.99. The normalized spacial score (nSPS) is 17.9. The Morgan fingerprint density at radius 2 is 1.84 bits per heavy atom. The first-order chi connectivity index (χ1) is 17.6. The fraction of sp³-hybridized carbons (Fsp3) is 0.571. The molecule has 2 atom stereocenters. The quantitative estimate of drug-likeness (QED) is 0.424. The Balaban J connectivity index is 1.96. The monoisotopic (exact) mass is 512 g/mol. The minimum absolute atomic E-state index is 0.0114. The molecule has 0 saturated heterocycles. The molecule has 1 aromatic heterocycles. The molecule has 0 fully saturated rings. The number of carbonyl (C=O) groups is 3. The first-order valence-electron chi connectivity index (χ1n) is 13.3. The van der Waals surface area contributed by atoms with Crippen molar-refractivity contribution < 1.29 is 23.9 Å². The highest BCUT2D eigenvalue weighted by Crippen LogP contribution is 2.30. The lowest BCUT2D eigenvalue weighted by Gasteiger charge is -2.44. The van der Waals surface area contributed by atoms with Crippen molar-refractivity contribution in [2.24, 2.45) is 0 Å². The van der Waals surface area contributed by atoms with Gasteiger partial charge in [0, 0.05) is 18.7 Å². The number of benzene rings is 1. The van der Waals surface area contributed by atoms with E-state index in [9.17, 15) is 14.4 Å². The molecule has 37 heavy (non-hydrogen) atoms. The lowest BCUT2D eigenvalue weighted by molar-refractivity contribution is -0.134. The molecule has 1 N–H and O–H groups in total. The van der Waals surface area contributed by atoms with Crippen molar-refractivity contribution in [2.75, 3.05) is 6.61 Å². The van der Waals surface area contributed by atoms with E-state index in [4.69, 9.17) is 9.47 Å². The van der Waals surface area contributed by atoms with E-state index in [0.717, 1.165) is 30.6 Å². The van der Waals surface area contributed by atoms with Crippen molar-refractivity contribution in [3.8, 4) is 5.75 Å². The standard InChI is InChI=1S/C28H40N4O5/c1-7-10-21(9-3)29-27(35)28(6)18-32-24(16-23(30-32)26(34)36-15-8-2)25(33)31(28)17-20-11-13-22(14-12-20)37-19(4)5/h11-14,16,19,21H,7-10,15,17-18H2,1-6H3,(H,29,35). The molecule has 1 aliphatic rings. The van der Waals surface area contributed by atoms with Crippen molar-refractivity contribution in [3.63, 3.8) is 0 Å². The number of hydrogen-bond acceptors (Lipinski definition) is 6. The van der Waals surface area contributed by atoms with Gasteiger partial charge < -0.3 is 19.7 Å². The van der Waals surface area contributed by atoms with Crippen LogP contribution in [-0.4, -0.2) is 56.8 Å². The smallest absolute Gasteiger partial charge is 0.358 e. The summed E-state index contributed by atoms with van der Waals surface area (Å²) in [5.74, 6) is -0.443. The first kappa shape index (κ1) is 28.2. The number of nitrogens with one attached hydrogen (secondary N) is 1. The lowest BCUT2D eigenvalue weighted by atomic mass is 9.93. The Morgan fingerprint density at radius 3 is 2.43 bits per heavy atom. The molecular formula is C28H40N4O5. The lowest BCUT2D eigenvalue weighted by Crippen LogP contribution is -2.64. The summed E-state index contributed by atoms with van der Waals surface area (Å²) < 4.78 is 12.4. The average molecular weight is 513 g/mol. The maximum absolute atomic E-state index is 13.8. The molecule has 2 amide bonds. The second kappa shape index (κ2) is 12.3. The van der Waals surface area contributed by atoms with Gasteiger partial charge in [0.15, 0.2) is 5.69 Å². The van der Waals surface area contributed by atoms with Gasteiger partial charge in [0.05, 0.1) is 19.3 Å². The van der Waals surface area contributed by atoms with Crippen LogP contribution in [0.25, 0.3) is 0 Å². The molecule has 3 rings (SSSR count). The Labute approximate surface area is 219 Å². The van der Waals surface area contributed by atoms with Crippen molar-refractivity contribution in [3.05, 3.63) is 47.3 Å². The number of rotatable bonds is 12. The van der Waals surface area contributed by atoms with Crippen molar-refractivity contribution in [1.82, 2.24) is 20.0 Å². The molecule has 2 heterocycles. The van der Waals surface area contributed by atoms with E-state index in [1.807, 2.05) is 52.0 Å². The molecule has 1 aromatic carbocycles. The number of fused-ring (bicyclic) bond motifs is 1. The van der Waals surface area contributed by atoms with E-state index < -0.39 is 11.5 Å². The number of amides is 2. The molecule has 0 aliphatic carbocycles. The van der Waals surface area contributed by atoms with E-state index in [1.165, 1.54) is 10.7 Å². The summed E-state index contributed by atoms with van der Waals surface area (Å²) in [4.78, 5) is 41.5. The number of hydrogen-bond donors (Lipinski definition) is 1. The van der Waals surface area contributed by atoms with Crippen LogP contribution in [0.15, 0.2) is 30.3 Å². The van der Waals surface area contributed by atoms with Crippen LogP contribution < -0.4 is 10.1 Å². The maximum Gasteiger partial charge on any atom is 0.358 e. The third-order valence-electron chi connectivity index (χ3n) is 6.53. The van der Waals surface area contributed by atoms with Gasteiger partial charge in [-0.15, -0.1) is 0 Å². The minimum atomic E-state index is -1.21. The van der Waals surface area contributed by atoms with E-state index in [1.54, 1.807) is 11.8 Å². The highest BCUT2D eigenvalue weighted by atomic mass is 16.5. The first-order valence-corrected chi connectivity index (χ1v) is 13.3. The van der Waals surface area contributed by atoms with E-state index in [-0.39, 0.29) is 55.0 Å². The Bertz CT molecular complexity index is 1090. The predicted octanol–water partition coefficient (Wildman–Crippen LogP) is 4.35. The zero-order chi connectivity index (χ0) is 27.2. The second-order valence-corrected chi connectivity index (χ2v) is 10.1. The number of aromatic nitrogens is 2. The van der Waals surface area contributed by atoms with Crippen LogP contribution in [0.3, 0.4) is 0 Å². The summed E-state index contributed by atoms with van der Waals surface area (Å²) >= 11 is 0. The molecule has 0 bridgehead atoms. The summed E-state index contributed by atoms with van der Waals surface area (Å²) in [7, 11) is 0. The van der Waals surface area contributed by atoms with Gasteiger partial charge in [-0.1, -0.05) is 39.3 Å². The largest absolute Gasteiger partial charge is 0.491 e. The molecule has 2 unspecified atom stereocenters. The molecule has 9 nitrogen and oxygen atoms in total. The molecule has 0 radical (unpaired) electrons. The average Bonchev–Trinajstić information content (AvgIpc) is 3.29. The maximum atomic E-state index is 13.8. The Kier molecular flexibility index (Phi) is 9.34. The fourth-order valence-electron chi connectivity index (χ4n) is 4.45. The minimum Gasteiger partial charge on any atom is -0.491 e. The number of ether oxygens (including phenoxy) is 2. The highest BCUT2D eigenvalue weighted by Gasteiger charge is 2.48. The van der Waals surface area contributed by atoms with Gasteiger partial charge in [0.25, 0.3) is 5.91 Å². The fourth-order valence-corrected chi connectivity index (χ4v) is 4.45. The second-order valence-electron chi connectivity index (χ2n) is 10.1. The molecule has 0 saturated carbocycles. The van der Waals surface area contributed by atoms with Crippen molar-refractivity contribution in [2.45, 2.75) is 98.0 Å². The Hall–Kier alpha value is -3.36. The van der Waals surface area contributed by atoms with Crippen LogP contribution in [0, 0.1) is 0 Å². The van der Waals surface area contributed by atoms with Gasteiger partial charge in [-0.05, 0) is 57.7 Å². The summed E-state index contributed by atoms with van der Waals surface area (Å²) in [6.07, 6.45) is 3.32. The van der Waals surface area contributed by atoms with Crippen LogP contribution in [-0.2, 0) is 22.6 Å². The zero-order valence-electron chi connectivity index (χ0n) is 22.9. The highest BCUT2D eigenvalue weighted by molar-refractivity contribution is 6.01. The number of esters is 1. The van der Waals surface area contributed by atoms with Gasteiger partial charge >= 0.3 is 5.97 Å². The third kappa shape index (κ3) is 6.50. The van der Waals surface area contributed by atoms with Crippen LogP contribution >= 0.6 is 0 Å². The van der Waals surface area contributed by atoms with Gasteiger partial charge in [-0.2, -0.15) is 5.10 Å². The summed E-state index contributed by atoms with van der Waals surface area (Å²) in [5.41, 5.74) is -0.0303. The summed E-state index contributed by atoms with van der Waals surface area (Å²) in [6.45, 7) is 12.3. The summed E-state index contributed by atoms with van der Waals surface area (Å²) in [5, 5.41) is 7.49. The SMILES string of the molecule is CCCOC(=O)c1cc2n(n1)CC(C)(C(=O)NC(CC)CCC)N(Cc1ccc(OC(C)C)cc1)C2=O. The Morgan fingerprint density at radius 1 is 1.14 bits per heavy atom. The topological polar surface area (TPSA) is 103 Å². The van der Waals surface area contributed by atoms with Crippen molar-refractivity contribution >= 4 is 17.8 Å². The molecule has 1 aliphatic heterocycles. The zero-order valence-corrected chi connectivity index (χ0v) is 22.9. The molecule has 9 heteroatoms. The van der Waals surface area contributed by atoms with E-state index in [0.29, 0.717) is 6.42 Å². The number of carbonyl (C=O) groups excluding carboxylic acids is 3. The van der Waals surface area contributed by atoms with Crippen LogP contribution in [0.4, 0.5) is 0 Å². The molecular weight excluding hydrogens is 472 g/mol. The van der Waals surface area contributed by atoms with E-state index >= 15 is 0 Å². The molecule has 2 aromatic rings. The van der Waals surface area contributed by atoms with Gasteiger partial charge in [0.1, 0.15) is 17.0 Å². The van der Waals surface area contributed by atoms with Gasteiger partial charge in [-0.3, -0.25) is 14.3 Å².